The van der Waals surface area contributed by atoms with E-state index >= 15 is 0 Å². The summed E-state index contributed by atoms with van der Waals surface area (Å²) in [6.45, 7) is 1.89. The number of rotatable bonds is 3. The Morgan fingerprint density at radius 3 is 2.86 bits per heavy atom. The number of hydrogen-bond donors (Lipinski definition) is 2. The summed E-state index contributed by atoms with van der Waals surface area (Å²) in [5, 5.41) is 8.44. The normalized spacial score (nSPS) is 10.1. The van der Waals surface area contributed by atoms with E-state index in [0.717, 1.165) is 0 Å². The molecular weight excluding hydrogens is 184 g/mol. The third kappa shape index (κ3) is 2.35. The zero-order valence-electron chi connectivity index (χ0n) is 7.86. The molecule has 0 atom stereocenters. The third-order valence-corrected chi connectivity index (χ3v) is 1.94. The molecule has 1 aromatic heterocycles. The summed E-state index contributed by atoms with van der Waals surface area (Å²) in [6.07, 6.45) is 1.39. The molecule has 0 aromatic carbocycles. The number of anilines is 1. The lowest BCUT2D eigenvalue weighted by Crippen LogP contribution is -2.21. The first-order chi connectivity index (χ1) is 6.50. The lowest BCUT2D eigenvalue weighted by atomic mass is 10.2. The predicted molar refractivity (Wildman–Crippen MR) is 52.1 cm³/mol. The summed E-state index contributed by atoms with van der Waals surface area (Å²) in [4.78, 5) is 21.6. The molecule has 0 bridgehead atoms. The minimum Gasteiger partial charge on any atom is -0.481 e. The van der Waals surface area contributed by atoms with Gasteiger partial charge in [-0.2, -0.15) is 0 Å². The van der Waals surface area contributed by atoms with Gasteiger partial charge >= 0.3 is 5.97 Å². The Kier molecular flexibility index (Phi) is 2.91. The van der Waals surface area contributed by atoms with Gasteiger partial charge in [0.2, 0.25) is 0 Å². The van der Waals surface area contributed by atoms with E-state index in [9.17, 15) is 9.59 Å². The molecule has 0 spiro atoms. The molecule has 0 aliphatic carbocycles. The van der Waals surface area contributed by atoms with Crippen molar-refractivity contribution in [1.82, 2.24) is 4.57 Å². The van der Waals surface area contributed by atoms with E-state index in [4.69, 9.17) is 10.8 Å². The van der Waals surface area contributed by atoms with E-state index in [1.807, 2.05) is 0 Å². The maximum Gasteiger partial charge on any atom is 0.305 e. The molecule has 1 rings (SSSR count). The molecule has 0 aliphatic heterocycles. The lowest BCUT2D eigenvalue weighted by Gasteiger charge is -2.06. The number of carboxylic acids is 1. The second-order valence-electron chi connectivity index (χ2n) is 3.09. The van der Waals surface area contributed by atoms with Gasteiger partial charge in [0.25, 0.3) is 5.56 Å². The van der Waals surface area contributed by atoms with Crippen LogP contribution >= 0.6 is 0 Å². The standard InChI is InChI=1S/C9H12N2O3/c1-6-4-8(12)11(5-7(6)10)3-2-9(13)14/h4-5H,2-3,10H2,1H3,(H,13,14). The molecule has 1 aromatic rings. The molecule has 3 N–H and O–H groups in total. The van der Waals surface area contributed by atoms with E-state index in [1.54, 1.807) is 6.92 Å². The Labute approximate surface area is 80.8 Å². The summed E-state index contributed by atoms with van der Waals surface area (Å²) in [5.41, 5.74) is 6.57. The number of aromatic nitrogens is 1. The van der Waals surface area contributed by atoms with Crippen LogP contribution in [0.5, 0.6) is 0 Å². The molecule has 5 nitrogen and oxygen atoms in total. The predicted octanol–water partition coefficient (Wildman–Crippen LogP) is 0.214. The zero-order valence-corrected chi connectivity index (χ0v) is 7.86. The highest BCUT2D eigenvalue weighted by Crippen LogP contribution is 2.05. The SMILES string of the molecule is Cc1cc(=O)n(CCC(=O)O)cc1N. The molecule has 1 heterocycles. The van der Waals surface area contributed by atoms with Crippen LogP contribution in [0.25, 0.3) is 0 Å². The molecule has 5 heteroatoms. The maximum atomic E-state index is 11.3. The highest BCUT2D eigenvalue weighted by atomic mass is 16.4. The van der Waals surface area contributed by atoms with Gasteiger partial charge in [0.15, 0.2) is 0 Å². The molecule has 14 heavy (non-hydrogen) atoms. The van der Waals surface area contributed by atoms with Crippen molar-refractivity contribution in [2.24, 2.45) is 0 Å². The number of carboxylic acid groups (broad SMARTS) is 1. The van der Waals surface area contributed by atoms with Crippen LogP contribution in [-0.2, 0) is 11.3 Å². The molecule has 0 fully saturated rings. The first-order valence-electron chi connectivity index (χ1n) is 4.19. The summed E-state index contributed by atoms with van der Waals surface area (Å²) >= 11 is 0. The van der Waals surface area contributed by atoms with Crippen LogP contribution in [0, 0.1) is 6.92 Å². The minimum absolute atomic E-state index is 0.0809. The van der Waals surface area contributed by atoms with Crippen molar-refractivity contribution in [3.63, 3.8) is 0 Å². The van der Waals surface area contributed by atoms with Crippen molar-refractivity contribution in [3.05, 3.63) is 28.2 Å². The van der Waals surface area contributed by atoms with Gasteiger partial charge in [-0.05, 0) is 12.5 Å². The largest absolute Gasteiger partial charge is 0.481 e. The first-order valence-corrected chi connectivity index (χ1v) is 4.19. The average Bonchev–Trinajstić information content (AvgIpc) is 2.09. The Hall–Kier alpha value is -1.78. The summed E-state index contributed by atoms with van der Waals surface area (Å²) in [5.74, 6) is -0.934. The second kappa shape index (κ2) is 3.95. The monoisotopic (exact) mass is 196 g/mol. The Balaban J connectivity index is 2.93. The van der Waals surface area contributed by atoms with Crippen molar-refractivity contribution >= 4 is 11.7 Å². The number of hydrogen-bond acceptors (Lipinski definition) is 3. The van der Waals surface area contributed by atoms with Crippen LogP contribution in [0.15, 0.2) is 17.1 Å². The van der Waals surface area contributed by atoms with E-state index in [2.05, 4.69) is 0 Å². The minimum atomic E-state index is -0.934. The number of nitrogens with zero attached hydrogens (tertiary/aromatic N) is 1. The summed E-state index contributed by atoms with van der Waals surface area (Å²) < 4.78 is 1.30. The van der Waals surface area contributed by atoms with Gasteiger partial charge in [-0.3, -0.25) is 9.59 Å². The third-order valence-electron chi connectivity index (χ3n) is 1.94. The second-order valence-corrected chi connectivity index (χ2v) is 3.09. The van der Waals surface area contributed by atoms with Crippen LogP contribution in [0.2, 0.25) is 0 Å². The van der Waals surface area contributed by atoms with Crippen LogP contribution in [0.4, 0.5) is 5.69 Å². The average molecular weight is 196 g/mol. The molecule has 0 amide bonds. The number of pyridine rings is 1. The number of nitrogens with two attached hydrogens (primary N) is 1. The Morgan fingerprint density at radius 2 is 2.29 bits per heavy atom. The van der Waals surface area contributed by atoms with Crippen LogP contribution in [0.1, 0.15) is 12.0 Å². The van der Waals surface area contributed by atoms with Gasteiger partial charge in [-0.1, -0.05) is 0 Å². The van der Waals surface area contributed by atoms with Crippen molar-refractivity contribution < 1.29 is 9.90 Å². The van der Waals surface area contributed by atoms with Crippen molar-refractivity contribution in [1.29, 1.82) is 0 Å². The van der Waals surface area contributed by atoms with Crippen LogP contribution in [0.3, 0.4) is 0 Å². The van der Waals surface area contributed by atoms with E-state index < -0.39 is 5.97 Å². The Bertz CT molecular complexity index is 409. The molecule has 76 valence electrons. The number of aliphatic carboxylic acids is 1. The molecular formula is C9H12N2O3. The van der Waals surface area contributed by atoms with Gasteiger partial charge in [0.05, 0.1) is 12.1 Å². The maximum absolute atomic E-state index is 11.3. The number of carbonyl (C=O) groups is 1. The van der Waals surface area contributed by atoms with Crippen molar-refractivity contribution in [2.45, 2.75) is 19.9 Å². The Morgan fingerprint density at radius 1 is 1.64 bits per heavy atom. The summed E-state index contributed by atoms with van der Waals surface area (Å²) in [6, 6.07) is 1.40. The topological polar surface area (TPSA) is 85.3 Å². The van der Waals surface area contributed by atoms with Crippen LogP contribution in [-0.4, -0.2) is 15.6 Å². The van der Waals surface area contributed by atoms with E-state index in [-0.39, 0.29) is 18.5 Å². The zero-order chi connectivity index (χ0) is 10.7. The quantitative estimate of drug-likeness (QED) is 0.723. The van der Waals surface area contributed by atoms with Gasteiger partial charge in [0, 0.05) is 18.8 Å². The lowest BCUT2D eigenvalue weighted by molar-refractivity contribution is -0.137. The number of nitrogen functional groups attached to an aromatic ring is 1. The van der Waals surface area contributed by atoms with E-state index in [0.29, 0.717) is 11.3 Å². The van der Waals surface area contributed by atoms with Gasteiger partial charge in [0.1, 0.15) is 0 Å². The highest BCUT2D eigenvalue weighted by Gasteiger charge is 2.02. The summed E-state index contributed by atoms with van der Waals surface area (Å²) in [7, 11) is 0. The van der Waals surface area contributed by atoms with Gasteiger partial charge < -0.3 is 15.4 Å². The van der Waals surface area contributed by atoms with Crippen molar-refractivity contribution in [2.75, 3.05) is 5.73 Å². The number of aryl methyl sites for hydroxylation is 2. The van der Waals surface area contributed by atoms with Gasteiger partial charge in [-0.15, -0.1) is 0 Å². The smallest absolute Gasteiger partial charge is 0.305 e. The molecule has 0 unspecified atom stereocenters. The van der Waals surface area contributed by atoms with Gasteiger partial charge in [-0.25, -0.2) is 0 Å². The molecule has 0 radical (unpaired) electrons. The van der Waals surface area contributed by atoms with E-state index in [1.165, 1.54) is 16.8 Å². The molecule has 0 aliphatic rings. The highest BCUT2D eigenvalue weighted by molar-refractivity contribution is 5.66. The fourth-order valence-electron chi connectivity index (χ4n) is 1.08. The molecule has 0 saturated carbocycles. The van der Waals surface area contributed by atoms with Crippen LogP contribution < -0.4 is 11.3 Å². The fraction of sp³-hybridized carbons (Fsp3) is 0.333. The first kappa shape index (κ1) is 10.3. The fourth-order valence-corrected chi connectivity index (χ4v) is 1.08. The van der Waals surface area contributed by atoms with Crippen molar-refractivity contribution in [3.8, 4) is 0 Å². The molecule has 0 saturated heterocycles.